The first-order valence-electron chi connectivity index (χ1n) is 6.71. The number of hydrogen-bond donors (Lipinski definition) is 2. The van der Waals surface area contributed by atoms with Crippen LogP contribution in [0.15, 0.2) is 24.5 Å². The molecule has 0 saturated heterocycles. The maximum absolute atomic E-state index is 11.3. The Labute approximate surface area is 122 Å². The molecule has 0 aliphatic carbocycles. The van der Waals surface area contributed by atoms with E-state index < -0.39 is 0 Å². The zero-order valence-corrected chi connectivity index (χ0v) is 12.0. The number of hydrogen-bond acceptors (Lipinski definition) is 6. The second-order valence-electron chi connectivity index (χ2n) is 4.52. The molecule has 2 rings (SSSR count). The highest BCUT2D eigenvalue weighted by molar-refractivity contribution is 5.76. The smallest absolute Gasteiger partial charge is 0.315 e. The van der Waals surface area contributed by atoms with Crippen molar-refractivity contribution >= 4 is 17.1 Å². The Bertz CT molecular complexity index is 625. The molecule has 0 saturated carbocycles. The summed E-state index contributed by atoms with van der Waals surface area (Å²) < 4.78 is 1.82. The van der Waals surface area contributed by atoms with Crippen LogP contribution < -0.4 is 10.6 Å². The van der Waals surface area contributed by atoms with Gasteiger partial charge in [-0.15, -0.1) is 10.2 Å². The minimum Gasteiger partial charge on any atom is -0.380 e. The average molecular weight is 290 g/mol. The van der Waals surface area contributed by atoms with Crippen molar-refractivity contribution in [2.24, 2.45) is 7.05 Å². The lowest BCUT2D eigenvalue weighted by Crippen LogP contribution is -2.11. The van der Waals surface area contributed by atoms with Crippen molar-refractivity contribution in [2.75, 3.05) is 23.7 Å². The SMILES string of the molecule is CCNc1cccc(NCCc2nncn2C)c1[N+](=O)[O-]. The van der Waals surface area contributed by atoms with Crippen molar-refractivity contribution in [3.8, 4) is 0 Å². The second kappa shape index (κ2) is 6.69. The van der Waals surface area contributed by atoms with Crippen LogP contribution in [0.1, 0.15) is 12.7 Å². The Morgan fingerprint density at radius 1 is 1.33 bits per heavy atom. The molecule has 112 valence electrons. The lowest BCUT2D eigenvalue weighted by molar-refractivity contribution is -0.383. The van der Waals surface area contributed by atoms with Gasteiger partial charge in [0, 0.05) is 26.6 Å². The summed E-state index contributed by atoms with van der Waals surface area (Å²) in [6.07, 6.45) is 2.27. The fourth-order valence-electron chi connectivity index (χ4n) is 2.06. The summed E-state index contributed by atoms with van der Waals surface area (Å²) in [4.78, 5) is 10.9. The summed E-state index contributed by atoms with van der Waals surface area (Å²) in [7, 11) is 1.86. The van der Waals surface area contributed by atoms with Gasteiger partial charge in [-0.1, -0.05) is 6.07 Å². The molecule has 1 aromatic heterocycles. The third-order valence-electron chi connectivity index (χ3n) is 3.06. The van der Waals surface area contributed by atoms with Gasteiger partial charge in [-0.2, -0.15) is 0 Å². The first kappa shape index (κ1) is 14.8. The van der Waals surface area contributed by atoms with Crippen molar-refractivity contribution in [3.05, 3.63) is 40.5 Å². The van der Waals surface area contributed by atoms with Crippen LogP contribution in [0.25, 0.3) is 0 Å². The Balaban J connectivity index is 2.10. The van der Waals surface area contributed by atoms with Crippen LogP contribution >= 0.6 is 0 Å². The summed E-state index contributed by atoms with van der Waals surface area (Å²) in [6.45, 7) is 3.07. The van der Waals surface area contributed by atoms with Crippen LogP contribution in [-0.2, 0) is 13.5 Å². The van der Waals surface area contributed by atoms with Crippen molar-refractivity contribution in [1.29, 1.82) is 0 Å². The molecule has 8 nitrogen and oxygen atoms in total. The summed E-state index contributed by atoms with van der Waals surface area (Å²) in [5.74, 6) is 0.827. The van der Waals surface area contributed by atoms with Gasteiger partial charge in [-0.3, -0.25) is 10.1 Å². The summed E-state index contributed by atoms with van der Waals surface area (Å²) in [6, 6.07) is 5.20. The Morgan fingerprint density at radius 3 is 2.62 bits per heavy atom. The average Bonchev–Trinajstić information content (AvgIpc) is 2.85. The third kappa shape index (κ3) is 3.47. The van der Waals surface area contributed by atoms with Gasteiger partial charge in [0.1, 0.15) is 23.5 Å². The quantitative estimate of drug-likeness (QED) is 0.596. The number of rotatable bonds is 7. The molecule has 21 heavy (non-hydrogen) atoms. The Kier molecular flexibility index (Phi) is 4.70. The van der Waals surface area contributed by atoms with E-state index >= 15 is 0 Å². The molecule has 0 unspecified atom stereocenters. The number of aryl methyl sites for hydroxylation is 1. The van der Waals surface area contributed by atoms with Crippen LogP contribution in [0.3, 0.4) is 0 Å². The normalized spacial score (nSPS) is 10.4. The topological polar surface area (TPSA) is 97.9 Å². The minimum absolute atomic E-state index is 0.0670. The van der Waals surface area contributed by atoms with Crippen LogP contribution in [0.5, 0.6) is 0 Å². The first-order valence-corrected chi connectivity index (χ1v) is 6.71. The van der Waals surface area contributed by atoms with Crippen molar-refractivity contribution in [2.45, 2.75) is 13.3 Å². The fraction of sp³-hybridized carbons (Fsp3) is 0.385. The molecule has 0 bridgehead atoms. The van der Waals surface area contributed by atoms with E-state index in [4.69, 9.17) is 0 Å². The van der Waals surface area contributed by atoms with Gasteiger partial charge in [-0.25, -0.2) is 0 Å². The van der Waals surface area contributed by atoms with E-state index in [9.17, 15) is 10.1 Å². The van der Waals surface area contributed by atoms with Gasteiger partial charge in [0.2, 0.25) is 0 Å². The second-order valence-corrected chi connectivity index (χ2v) is 4.52. The molecule has 0 atom stereocenters. The third-order valence-corrected chi connectivity index (χ3v) is 3.06. The van der Waals surface area contributed by atoms with E-state index in [1.54, 1.807) is 24.5 Å². The molecule has 2 aromatic rings. The number of nitro benzene ring substituents is 1. The van der Waals surface area contributed by atoms with Gasteiger partial charge in [0.15, 0.2) is 0 Å². The summed E-state index contributed by atoms with van der Waals surface area (Å²) in [5.41, 5.74) is 1.09. The highest BCUT2D eigenvalue weighted by Gasteiger charge is 2.18. The molecule has 1 aromatic carbocycles. The largest absolute Gasteiger partial charge is 0.380 e. The van der Waals surface area contributed by atoms with Crippen LogP contribution in [0.2, 0.25) is 0 Å². The number of benzene rings is 1. The van der Waals surface area contributed by atoms with E-state index in [2.05, 4.69) is 20.8 Å². The standard InChI is InChI=1S/C13H18N6O2/c1-3-14-10-5-4-6-11(13(10)19(20)21)15-8-7-12-17-16-9-18(12)2/h4-6,9,14-15H,3,7-8H2,1-2H3. The number of nitrogens with one attached hydrogen (secondary N) is 2. The minimum atomic E-state index is -0.372. The molecular weight excluding hydrogens is 272 g/mol. The number of aromatic nitrogens is 3. The van der Waals surface area contributed by atoms with Gasteiger partial charge in [0.05, 0.1) is 4.92 Å². The van der Waals surface area contributed by atoms with E-state index in [0.717, 1.165) is 5.82 Å². The van der Waals surface area contributed by atoms with E-state index in [1.807, 2.05) is 18.5 Å². The van der Waals surface area contributed by atoms with Crippen LogP contribution in [-0.4, -0.2) is 32.8 Å². The Morgan fingerprint density at radius 2 is 2.05 bits per heavy atom. The number of nitro groups is 1. The lowest BCUT2D eigenvalue weighted by Gasteiger charge is -2.10. The first-order chi connectivity index (χ1) is 10.1. The molecular formula is C13H18N6O2. The van der Waals surface area contributed by atoms with E-state index in [-0.39, 0.29) is 10.6 Å². The van der Waals surface area contributed by atoms with E-state index in [0.29, 0.717) is 30.9 Å². The molecule has 2 N–H and O–H groups in total. The van der Waals surface area contributed by atoms with Gasteiger partial charge in [0.25, 0.3) is 0 Å². The predicted octanol–water partition coefficient (Wildman–Crippen LogP) is 1.81. The van der Waals surface area contributed by atoms with Crippen LogP contribution in [0, 0.1) is 10.1 Å². The molecule has 0 aliphatic rings. The molecule has 0 amide bonds. The van der Waals surface area contributed by atoms with Crippen molar-refractivity contribution in [1.82, 2.24) is 14.8 Å². The highest BCUT2D eigenvalue weighted by Crippen LogP contribution is 2.32. The molecule has 1 heterocycles. The van der Waals surface area contributed by atoms with Crippen molar-refractivity contribution < 1.29 is 4.92 Å². The maximum atomic E-state index is 11.3. The van der Waals surface area contributed by atoms with Gasteiger partial charge < -0.3 is 15.2 Å². The Hall–Kier alpha value is -2.64. The monoisotopic (exact) mass is 290 g/mol. The van der Waals surface area contributed by atoms with E-state index in [1.165, 1.54) is 0 Å². The fourth-order valence-corrected chi connectivity index (χ4v) is 2.06. The molecule has 0 radical (unpaired) electrons. The van der Waals surface area contributed by atoms with Gasteiger partial charge >= 0.3 is 5.69 Å². The lowest BCUT2D eigenvalue weighted by atomic mass is 10.2. The molecule has 0 fully saturated rings. The zero-order chi connectivity index (χ0) is 15.2. The van der Waals surface area contributed by atoms with Crippen molar-refractivity contribution in [3.63, 3.8) is 0 Å². The molecule has 0 aliphatic heterocycles. The zero-order valence-electron chi connectivity index (χ0n) is 12.0. The summed E-state index contributed by atoms with van der Waals surface area (Å²) in [5, 5.41) is 25.1. The predicted molar refractivity (Wildman–Crippen MR) is 80.5 cm³/mol. The maximum Gasteiger partial charge on any atom is 0.315 e. The molecule has 0 spiro atoms. The number of anilines is 2. The van der Waals surface area contributed by atoms with Crippen LogP contribution in [0.4, 0.5) is 17.1 Å². The number of nitrogens with zero attached hydrogens (tertiary/aromatic N) is 4. The van der Waals surface area contributed by atoms with Gasteiger partial charge in [-0.05, 0) is 19.1 Å². The number of para-hydroxylation sites is 1. The summed E-state index contributed by atoms with van der Waals surface area (Å²) >= 11 is 0. The highest BCUT2D eigenvalue weighted by atomic mass is 16.6. The molecule has 8 heteroatoms.